The van der Waals surface area contributed by atoms with Crippen molar-refractivity contribution >= 4 is 39.7 Å². The summed E-state index contributed by atoms with van der Waals surface area (Å²) in [6, 6.07) is 9.87. The molecule has 2 saturated heterocycles. The van der Waals surface area contributed by atoms with Crippen LogP contribution in [0.2, 0.25) is 0 Å². The van der Waals surface area contributed by atoms with Gasteiger partial charge in [0.2, 0.25) is 20.0 Å². The lowest BCUT2D eigenvalue weighted by Gasteiger charge is -2.42. The summed E-state index contributed by atoms with van der Waals surface area (Å²) in [5.74, 6) is 0. The van der Waals surface area contributed by atoms with Gasteiger partial charge in [-0.05, 0) is 48.5 Å². The Morgan fingerprint density at radius 3 is 1.42 bits per heavy atom. The van der Waals surface area contributed by atoms with Gasteiger partial charge in [-0.15, -0.1) is 0 Å². The maximum Gasteiger partial charge on any atom is 0.245 e. The first-order chi connectivity index (χ1) is 16.6. The quantitative estimate of drug-likeness (QED) is 0.482. The molecule has 2 aromatic rings. The molecule has 0 aliphatic carbocycles. The second kappa shape index (κ2) is 9.15. The van der Waals surface area contributed by atoms with E-state index >= 15 is 0 Å². The smallest absolute Gasteiger partial charge is 0.245 e. The van der Waals surface area contributed by atoms with E-state index in [-0.39, 0.29) is 58.7 Å². The Bertz CT molecular complexity index is 1570. The van der Waals surface area contributed by atoms with Gasteiger partial charge in [0.15, 0.2) is 19.7 Å². The monoisotopic (exact) mass is 578 g/mol. The number of sulfone groups is 2. The fourth-order valence-electron chi connectivity index (χ4n) is 4.40. The van der Waals surface area contributed by atoms with E-state index in [2.05, 4.69) is 0 Å². The number of piperidine rings is 1. The summed E-state index contributed by atoms with van der Waals surface area (Å²) in [6.07, 6.45) is 2.24. The Hall–Kier alpha value is -1.88. The average Bonchev–Trinajstić information content (AvgIpc) is 3.22. The maximum absolute atomic E-state index is 13.4. The van der Waals surface area contributed by atoms with Crippen molar-refractivity contribution in [3.05, 3.63) is 48.5 Å². The van der Waals surface area contributed by atoms with E-state index in [9.17, 15) is 33.7 Å². The summed E-state index contributed by atoms with van der Waals surface area (Å²) in [4.78, 5) is -0.143. The van der Waals surface area contributed by atoms with Crippen LogP contribution < -0.4 is 0 Å². The molecule has 0 N–H and O–H groups in total. The van der Waals surface area contributed by atoms with Gasteiger partial charge in [0.25, 0.3) is 0 Å². The van der Waals surface area contributed by atoms with Gasteiger partial charge in [-0.3, -0.25) is 0 Å². The van der Waals surface area contributed by atoms with E-state index in [1.807, 2.05) is 0 Å². The molecule has 2 fully saturated rings. The topological polar surface area (TPSA) is 152 Å². The van der Waals surface area contributed by atoms with Crippen LogP contribution >= 0.6 is 0 Å². The average molecular weight is 579 g/mol. The molecule has 2 heterocycles. The maximum atomic E-state index is 13.4. The van der Waals surface area contributed by atoms with E-state index in [1.54, 1.807) is 0 Å². The zero-order chi connectivity index (χ0) is 26.6. The molecule has 0 aromatic heterocycles. The molecule has 0 bridgehead atoms. The Labute approximate surface area is 211 Å². The molecule has 2 aliphatic heterocycles. The van der Waals surface area contributed by atoms with Crippen molar-refractivity contribution in [2.24, 2.45) is 0 Å². The van der Waals surface area contributed by atoms with Crippen LogP contribution in [0.5, 0.6) is 0 Å². The predicted molar refractivity (Wildman–Crippen MR) is 130 cm³/mol. The minimum absolute atomic E-state index is 0.00285. The highest BCUT2D eigenvalue weighted by Gasteiger charge is 2.51. The first-order valence-corrected chi connectivity index (χ1v) is 17.5. The molecule has 0 atom stereocenters. The normalized spacial score (nSPS) is 20.1. The predicted octanol–water partition coefficient (Wildman–Crippen LogP) is 0.696. The highest BCUT2D eigenvalue weighted by atomic mass is 32.2. The molecule has 36 heavy (non-hydrogen) atoms. The third-order valence-electron chi connectivity index (χ3n) is 6.35. The van der Waals surface area contributed by atoms with Gasteiger partial charge >= 0.3 is 0 Å². The van der Waals surface area contributed by atoms with Crippen LogP contribution in [-0.2, 0) is 44.5 Å². The zero-order valence-electron chi connectivity index (χ0n) is 19.6. The van der Waals surface area contributed by atoms with Gasteiger partial charge in [-0.1, -0.05) is 0 Å². The van der Waals surface area contributed by atoms with Crippen molar-refractivity contribution in [3.8, 4) is 0 Å². The van der Waals surface area contributed by atoms with Gasteiger partial charge < -0.3 is 4.74 Å². The lowest BCUT2D eigenvalue weighted by Crippen LogP contribution is -2.55. The molecule has 198 valence electrons. The Morgan fingerprint density at radius 2 is 1.00 bits per heavy atom. The van der Waals surface area contributed by atoms with Gasteiger partial charge in [-0.25, -0.2) is 33.7 Å². The van der Waals surface area contributed by atoms with E-state index in [0.29, 0.717) is 0 Å². The van der Waals surface area contributed by atoms with Crippen LogP contribution in [0.4, 0.5) is 0 Å². The molecule has 2 aromatic carbocycles. The van der Waals surface area contributed by atoms with Gasteiger partial charge in [0, 0.05) is 45.0 Å². The van der Waals surface area contributed by atoms with E-state index in [4.69, 9.17) is 4.74 Å². The molecule has 4 rings (SSSR count). The molecular formula is C21H26N2O9S4. The van der Waals surface area contributed by atoms with E-state index in [0.717, 1.165) is 12.5 Å². The van der Waals surface area contributed by atoms with Crippen molar-refractivity contribution < 1.29 is 38.4 Å². The number of sulfonamides is 2. The van der Waals surface area contributed by atoms with Crippen LogP contribution in [0, 0.1) is 0 Å². The fraction of sp³-hybridized carbons (Fsp3) is 0.429. The molecular weight excluding hydrogens is 553 g/mol. The van der Waals surface area contributed by atoms with Crippen LogP contribution in [0.1, 0.15) is 12.8 Å². The highest BCUT2D eigenvalue weighted by Crippen LogP contribution is 2.39. The van der Waals surface area contributed by atoms with Gasteiger partial charge in [-0.2, -0.15) is 8.61 Å². The van der Waals surface area contributed by atoms with Crippen LogP contribution in [0.15, 0.2) is 68.1 Å². The third kappa shape index (κ3) is 4.97. The summed E-state index contributed by atoms with van der Waals surface area (Å²) in [5, 5.41) is 0. The number of hydrogen-bond donors (Lipinski definition) is 0. The zero-order valence-corrected chi connectivity index (χ0v) is 22.8. The number of rotatable bonds is 6. The standard InChI is InChI=1S/C21H26N2O9S4/c1-33(24,25)17-3-7-19(8-4-17)35(28,29)22-13-11-21(12-14-22)23(15-16-32-21)36(30,31)20-9-5-18(6-10-20)34(2,26)27/h3-10H,11-16H2,1-2H3. The summed E-state index contributed by atoms with van der Waals surface area (Å²) >= 11 is 0. The lowest BCUT2D eigenvalue weighted by atomic mass is 10.0. The Morgan fingerprint density at radius 1 is 0.611 bits per heavy atom. The first kappa shape index (κ1) is 27.2. The molecule has 11 nitrogen and oxygen atoms in total. The molecule has 2 aliphatic rings. The summed E-state index contributed by atoms with van der Waals surface area (Å²) in [5.41, 5.74) is -1.22. The largest absolute Gasteiger partial charge is 0.358 e. The van der Waals surface area contributed by atoms with Crippen LogP contribution in [0.3, 0.4) is 0 Å². The van der Waals surface area contributed by atoms with E-state index < -0.39 is 45.4 Å². The second-order valence-electron chi connectivity index (χ2n) is 8.76. The second-order valence-corrected chi connectivity index (χ2v) is 16.6. The minimum atomic E-state index is -4.04. The van der Waals surface area contributed by atoms with Crippen LogP contribution in [-0.4, -0.2) is 86.8 Å². The number of nitrogens with zero attached hydrogens (tertiary/aromatic N) is 2. The van der Waals surface area contributed by atoms with Crippen molar-refractivity contribution in [1.82, 2.24) is 8.61 Å². The van der Waals surface area contributed by atoms with E-state index in [1.165, 1.54) is 57.1 Å². The van der Waals surface area contributed by atoms with Gasteiger partial charge in [0.1, 0.15) is 5.72 Å². The molecule has 0 radical (unpaired) electrons. The first-order valence-electron chi connectivity index (χ1n) is 10.8. The summed E-state index contributed by atoms with van der Waals surface area (Å²) in [7, 11) is -14.9. The minimum Gasteiger partial charge on any atom is -0.358 e. The number of benzene rings is 2. The van der Waals surface area contributed by atoms with Crippen molar-refractivity contribution in [3.63, 3.8) is 0 Å². The number of ether oxygens (including phenoxy) is 1. The fourth-order valence-corrected chi connectivity index (χ4v) is 8.82. The van der Waals surface area contributed by atoms with Crippen molar-refractivity contribution in [2.75, 3.05) is 38.8 Å². The SMILES string of the molecule is CS(=O)(=O)c1ccc(S(=O)(=O)N2CCC3(CC2)OCCN3S(=O)(=O)c2ccc(S(C)(=O)=O)cc2)cc1. The molecule has 1 spiro atoms. The molecule has 0 saturated carbocycles. The molecule has 0 amide bonds. The summed E-state index contributed by atoms with van der Waals surface area (Å²) < 4.78 is 108. The molecule has 0 unspecified atom stereocenters. The van der Waals surface area contributed by atoms with Crippen molar-refractivity contribution in [1.29, 1.82) is 0 Å². The van der Waals surface area contributed by atoms with Gasteiger partial charge in [0.05, 0.1) is 26.2 Å². The third-order valence-corrected chi connectivity index (χ3v) is 12.5. The Balaban J connectivity index is 1.54. The number of hydrogen-bond acceptors (Lipinski definition) is 9. The van der Waals surface area contributed by atoms with Crippen molar-refractivity contribution in [2.45, 2.75) is 38.1 Å². The Kier molecular flexibility index (Phi) is 6.90. The summed E-state index contributed by atoms with van der Waals surface area (Å²) in [6.45, 7) is 0.209. The van der Waals surface area contributed by atoms with Crippen LogP contribution in [0.25, 0.3) is 0 Å². The lowest BCUT2D eigenvalue weighted by molar-refractivity contribution is -0.0806. The highest BCUT2D eigenvalue weighted by molar-refractivity contribution is 7.91. The molecule has 15 heteroatoms.